The van der Waals surface area contributed by atoms with Gasteiger partial charge in [-0.2, -0.15) is 0 Å². The Bertz CT molecular complexity index is 76.8. The molecule has 0 bridgehead atoms. The molecule has 6 heavy (non-hydrogen) atoms. The molecule has 0 unspecified atom stereocenters. The molecule has 0 atom stereocenters. The van der Waals surface area contributed by atoms with Crippen LogP contribution in [0.5, 0.6) is 0 Å². The van der Waals surface area contributed by atoms with E-state index < -0.39 is 23.8 Å². The molecule has 0 saturated heterocycles. The van der Waals surface area contributed by atoms with Crippen molar-refractivity contribution < 1.29 is 13.7 Å². The topological polar surface area (TPSA) is 51.2 Å². The van der Waals surface area contributed by atoms with Crippen molar-refractivity contribution in [3.8, 4) is 0 Å². The molecule has 0 radical (unpaired) electrons. The van der Waals surface area contributed by atoms with E-state index in [1.54, 1.807) is 0 Å². The third-order valence-electron chi connectivity index (χ3n) is 0.232. The Morgan fingerprint density at radius 2 is 1.50 bits per heavy atom. The molecule has 0 aromatic heterocycles. The van der Waals surface area contributed by atoms with Crippen LogP contribution in [0, 0.1) is 0 Å². The zero-order chi connectivity index (χ0) is 4.99. The fourth-order valence-corrected chi connectivity index (χ4v) is 0.250. The summed E-state index contributed by atoms with van der Waals surface area (Å²) in [6, 6.07) is 0. The largest absolute Gasteiger partial charge is 0.383 e. The maximum atomic E-state index is 9.63. The van der Waals surface area contributed by atoms with Crippen LogP contribution >= 0.6 is 0 Å². The number of carbonyl (C=O) groups is 1. The van der Waals surface area contributed by atoms with E-state index in [-0.39, 0.29) is 0 Å². The highest BCUT2D eigenvalue weighted by molar-refractivity contribution is 6.92. The number of rotatable bonds is 2. The van der Waals surface area contributed by atoms with Gasteiger partial charge < -0.3 is 8.92 Å². The van der Waals surface area contributed by atoms with Crippen molar-refractivity contribution in [2.45, 2.75) is 0 Å². The van der Waals surface area contributed by atoms with Gasteiger partial charge >= 0.3 is 18.8 Å². The van der Waals surface area contributed by atoms with Gasteiger partial charge in [-0.3, -0.25) is 4.79 Å². The van der Waals surface area contributed by atoms with E-state index in [4.69, 9.17) is 0 Å². The molecule has 0 fully saturated rings. The number of carbonyl (C=O) groups excluding carboxylic acids is 1. The zero-order valence-corrected chi connectivity index (χ0v) is 5.19. The van der Waals surface area contributed by atoms with E-state index in [1.165, 1.54) is 0 Å². The van der Waals surface area contributed by atoms with Crippen LogP contribution in [0.2, 0.25) is 0 Å². The van der Waals surface area contributed by atoms with Crippen LogP contribution in [0.4, 0.5) is 4.79 Å². The minimum absolute atomic E-state index is 0.602. The van der Waals surface area contributed by atoms with Gasteiger partial charge in [0.25, 0.3) is 0 Å². The fraction of sp³-hybridized carbons (Fsp3) is 0. The molecule has 0 heterocycles. The Hall–Kier alpha value is -0.296. The first kappa shape index (κ1) is 5.70. The van der Waals surface area contributed by atoms with Gasteiger partial charge in [-0.05, 0) is 0 Å². The van der Waals surface area contributed by atoms with Crippen LogP contribution in [-0.2, 0) is 8.92 Å². The van der Waals surface area contributed by atoms with E-state index in [1.807, 2.05) is 0 Å². The molecule has 0 saturated carbocycles. The van der Waals surface area contributed by atoms with E-state index in [9.17, 15) is 13.7 Å². The third kappa shape index (κ3) is 1.97. The van der Waals surface area contributed by atoms with Gasteiger partial charge in [0.2, 0.25) is 5.03 Å². The highest BCUT2D eigenvalue weighted by Crippen LogP contribution is 1.50. The summed E-state index contributed by atoms with van der Waals surface area (Å²) in [6.07, 6.45) is 0. The lowest BCUT2D eigenvalue weighted by atomic mass is 11.8. The Balaban J connectivity index is 3.52. The number of hydrogen-bond acceptors (Lipinski definition) is 3. The predicted molar refractivity (Wildman–Crippen MR) is 21.1 cm³/mol. The first-order valence-corrected chi connectivity index (χ1v) is 3.35. The van der Waals surface area contributed by atoms with Crippen molar-refractivity contribution in [3.63, 3.8) is 0 Å². The maximum Gasteiger partial charge on any atom is 0.338 e. The van der Waals surface area contributed by atoms with Gasteiger partial charge in [0, 0.05) is 0 Å². The second-order valence-electron chi connectivity index (χ2n) is 0.638. The molecule has 0 aliphatic rings. The SMILES string of the molecule is O=[SiH]C(=O)[SiH]=O. The summed E-state index contributed by atoms with van der Waals surface area (Å²) in [7, 11) is -2.86. The molecule has 0 amide bonds. The Labute approximate surface area is 38.5 Å². The van der Waals surface area contributed by atoms with Crippen molar-refractivity contribution in [1.29, 1.82) is 0 Å². The van der Waals surface area contributed by atoms with Crippen molar-refractivity contribution in [2.24, 2.45) is 0 Å². The minimum Gasteiger partial charge on any atom is -0.383 e. The van der Waals surface area contributed by atoms with Crippen LogP contribution in [0.3, 0.4) is 0 Å². The molecule has 0 aromatic rings. The molecule has 0 aliphatic heterocycles. The molecule has 3 nitrogen and oxygen atoms in total. The first-order valence-electron chi connectivity index (χ1n) is 1.25. The molecule has 0 aliphatic carbocycles. The third-order valence-corrected chi connectivity index (χ3v) is 1.51. The van der Waals surface area contributed by atoms with Gasteiger partial charge in [-0.1, -0.05) is 0 Å². The van der Waals surface area contributed by atoms with Crippen molar-refractivity contribution in [1.82, 2.24) is 0 Å². The second kappa shape index (κ2) is 2.92. The zero-order valence-electron chi connectivity index (χ0n) is 2.88. The van der Waals surface area contributed by atoms with Gasteiger partial charge in [0.05, 0.1) is 0 Å². The predicted octanol–water partition coefficient (Wildman–Crippen LogP) is -1.33. The Morgan fingerprint density at radius 3 is 1.50 bits per heavy atom. The molecule has 0 rings (SSSR count). The summed E-state index contributed by atoms with van der Waals surface area (Å²) < 4.78 is 18.8. The fourth-order valence-electron chi connectivity index (χ4n) is 0.0278. The molecular formula is CH2O3Si2. The van der Waals surface area contributed by atoms with E-state index in [2.05, 4.69) is 0 Å². The molecule has 32 valence electrons. The van der Waals surface area contributed by atoms with E-state index in [0.717, 1.165) is 0 Å². The summed E-state index contributed by atoms with van der Waals surface area (Å²) in [5, 5.41) is -0.602. The molecule has 0 N–H and O–H groups in total. The van der Waals surface area contributed by atoms with Gasteiger partial charge in [0.1, 0.15) is 0 Å². The van der Waals surface area contributed by atoms with Crippen LogP contribution in [0.1, 0.15) is 0 Å². The average molecular weight is 118 g/mol. The standard InChI is InChI=1S/CH2O3Si2/c2-1(5-3)6-4/h5-6H. The molecular weight excluding hydrogens is 116 g/mol. The Morgan fingerprint density at radius 1 is 1.17 bits per heavy atom. The summed E-state index contributed by atoms with van der Waals surface area (Å²) in [4.78, 5) is 9.63. The van der Waals surface area contributed by atoms with E-state index >= 15 is 0 Å². The summed E-state index contributed by atoms with van der Waals surface area (Å²) >= 11 is 0. The highest BCUT2D eigenvalue weighted by atomic mass is 28.3. The lowest BCUT2D eigenvalue weighted by Gasteiger charge is -1.55. The summed E-state index contributed by atoms with van der Waals surface area (Å²) in [5.74, 6) is 0. The van der Waals surface area contributed by atoms with Gasteiger partial charge in [0.15, 0.2) is 0 Å². The molecule has 5 heteroatoms. The van der Waals surface area contributed by atoms with Gasteiger partial charge in [-0.25, -0.2) is 0 Å². The van der Waals surface area contributed by atoms with Crippen molar-refractivity contribution in [3.05, 3.63) is 0 Å². The lowest BCUT2D eigenvalue weighted by molar-refractivity contribution is 0.272. The second-order valence-corrected chi connectivity index (χ2v) is 2.91. The molecule has 0 spiro atoms. The quantitative estimate of drug-likeness (QED) is 0.422. The van der Waals surface area contributed by atoms with Crippen molar-refractivity contribution in [2.75, 3.05) is 0 Å². The molecule has 0 aromatic carbocycles. The Kier molecular flexibility index (Phi) is 2.77. The smallest absolute Gasteiger partial charge is 0.338 e. The lowest BCUT2D eigenvalue weighted by Crippen LogP contribution is -1.98. The summed E-state index contributed by atoms with van der Waals surface area (Å²) in [6.45, 7) is 0. The van der Waals surface area contributed by atoms with Crippen molar-refractivity contribution >= 4 is 23.8 Å². The van der Waals surface area contributed by atoms with Crippen LogP contribution in [0.15, 0.2) is 0 Å². The monoisotopic (exact) mass is 118 g/mol. The number of hydrogen-bond donors (Lipinski definition) is 0. The minimum atomic E-state index is -1.43. The highest BCUT2D eigenvalue weighted by Gasteiger charge is 1.91. The first-order chi connectivity index (χ1) is 2.81. The van der Waals surface area contributed by atoms with Crippen LogP contribution < -0.4 is 0 Å². The average Bonchev–Trinajstić information content (AvgIpc) is 1.65. The van der Waals surface area contributed by atoms with Crippen LogP contribution in [-0.4, -0.2) is 23.8 Å². The summed E-state index contributed by atoms with van der Waals surface area (Å²) in [5.41, 5.74) is 0. The maximum absolute atomic E-state index is 9.63. The normalized spacial score (nSPS) is 6.67. The van der Waals surface area contributed by atoms with E-state index in [0.29, 0.717) is 0 Å². The van der Waals surface area contributed by atoms with Gasteiger partial charge in [-0.15, -0.1) is 0 Å². The van der Waals surface area contributed by atoms with Crippen LogP contribution in [0.25, 0.3) is 0 Å².